The molecule has 1 atom stereocenters. The van der Waals surface area contributed by atoms with Crippen LogP contribution in [-0.4, -0.2) is 44.8 Å². The molecule has 0 bridgehead atoms. The van der Waals surface area contributed by atoms with Crippen molar-refractivity contribution in [1.29, 1.82) is 0 Å². The Hall–Kier alpha value is -2.63. The Morgan fingerprint density at radius 1 is 1.24 bits per heavy atom. The van der Waals surface area contributed by atoms with Gasteiger partial charge in [-0.25, -0.2) is 4.98 Å². The fourth-order valence-electron chi connectivity index (χ4n) is 3.78. The number of ether oxygens (including phenoxy) is 1. The predicted molar refractivity (Wildman–Crippen MR) is 91.4 cm³/mol. The standard InChI is InChI=1S/C19H21N3O3/c23-16-12-19(25-17-5-2-1-4-15(16)17)6-3-9-22(10-7-19)18(24)13-21-11-8-20-14-21/h1-2,4-5,8,11,14H,3,6-7,9-10,12-13H2. The Balaban J connectivity index is 1.46. The third-order valence-corrected chi connectivity index (χ3v) is 5.12. The van der Waals surface area contributed by atoms with Gasteiger partial charge in [-0.15, -0.1) is 0 Å². The first-order valence-electron chi connectivity index (χ1n) is 8.70. The monoisotopic (exact) mass is 339 g/mol. The number of carbonyl (C=O) groups excluding carboxylic acids is 2. The highest BCUT2D eigenvalue weighted by atomic mass is 16.5. The van der Waals surface area contributed by atoms with Crippen LogP contribution >= 0.6 is 0 Å². The van der Waals surface area contributed by atoms with E-state index in [1.54, 1.807) is 23.3 Å². The number of nitrogens with zero attached hydrogens (tertiary/aromatic N) is 3. The molecule has 6 heteroatoms. The minimum absolute atomic E-state index is 0.0811. The summed E-state index contributed by atoms with van der Waals surface area (Å²) in [6.07, 6.45) is 7.82. The largest absolute Gasteiger partial charge is 0.486 e. The number of carbonyl (C=O) groups is 2. The number of hydrogen-bond donors (Lipinski definition) is 0. The van der Waals surface area contributed by atoms with Crippen LogP contribution in [0.2, 0.25) is 0 Å². The maximum atomic E-state index is 12.5. The van der Waals surface area contributed by atoms with Crippen LogP contribution in [0.3, 0.4) is 0 Å². The molecule has 1 aromatic heterocycles. The van der Waals surface area contributed by atoms with E-state index >= 15 is 0 Å². The van der Waals surface area contributed by atoms with Crippen molar-refractivity contribution in [1.82, 2.24) is 14.5 Å². The Bertz CT molecular complexity index is 787. The summed E-state index contributed by atoms with van der Waals surface area (Å²) in [6.45, 7) is 1.62. The van der Waals surface area contributed by atoms with Gasteiger partial charge in [-0.1, -0.05) is 12.1 Å². The number of ketones is 1. The molecule has 0 aliphatic carbocycles. The van der Waals surface area contributed by atoms with Crippen LogP contribution in [0.5, 0.6) is 5.75 Å². The van der Waals surface area contributed by atoms with Gasteiger partial charge in [-0.3, -0.25) is 9.59 Å². The fraction of sp³-hybridized carbons (Fsp3) is 0.421. The zero-order valence-electron chi connectivity index (χ0n) is 14.1. The SMILES string of the molecule is O=C1CC2(CCCN(C(=O)Cn3ccnc3)CC2)Oc2ccccc21. The van der Waals surface area contributed by atoms with Gasteiger partial charge < -0.3 is 14.2 Å². The number of Topliss-reactive ketones (excluding diaryl/α,β-unsaturated/α-hetero) is 1. The molecule has 1 unspecified atom stereocenters. The molecular weight excluding hydrogens is 318 g/mol. The number of likely N-dealkylation sites (tertiary alicyclic amines) is 1. The third kappa shape index (κ3) is 3.16. The lowest BCUT2D eigenvalue weighted by molar-refractivity contribution is -0.131. The van der Waals surface area contributed by atoms with Crippen LogP contribution < -0.4 is 4.74 Å². The topological polar surface area (TPSA) is 64.4 Å². The molecule has 130 valence electrons. The Labute approximate surface area is 146 Å². The van der Waals surface area contributed by atoms with Crippen LogP contribution in [0.25, 0.3) is 0 Å². The van der Waals surface area contributed by atoms with Crippen LogP contribution in [0.1, 0.15) is 36.0 Å². The molecule has 0 saturated carbocycles. The number of para-hydroxylation sites is 1. The van der Waals surface area contributed by atoms with Crippen molar-refractivity contribution >= 4 is 11.7 Å². The molecule has 1 fully saturated rings. The molecule has 25 heavy (non-hydrogen) atoms. The van der Waals surface area contributed by atoms with Gasteiger partial charge in [0.25, 0.3) is 0 Å². The minimum Gasteiger partial charge on any atom is -0.486 e. The van der Waals surface area contributed by atoms with Gasteiger partial charge in [0.2, 0.25) is 5.91 Å². The molecule has 1 spiro atoms. The van der Waals surface area contributed by atoms with Crippen molar-refractivity contribution in [2.75, 3.05) is 13.1 Å². The molecule has 0 N–H and O–H groups in total. The van der Waals surface area contributed by atoms with E-state index in [-0.39, 0.29) is 11.7 Å². The second-order valence-electron chi connectivity index (χ2n) is 6.85. The fourth-order valence-corrected chi connectivity index (χ4v) is 3.78. The molecule has 2 aliphatic rings. The molecule has 3 heterocycles. The first-order valence-corrected chi connectivity index (χ1v) is 8.70. The lowest BCUT2D eigenvalue weighted by Crippen LogP contribution is -2.43. The van der Waals surface area contributed by atoms with Crippen LogP contribution in [0.15, 0.2) is 43.0 Å². The molecule has 1 aromatic carbocycles. The summed E-state index contributed by atoms with van der Waals surface area (Å²) in [7, 11) is 0. The van der Waals surface area contributed by atoms with E-state index < -0.39 is 5.60 Å². The van der Waals surface area contributed by atoms with Crippen molar-refractivity contribution in [2.45, 2.75) is 37.8 Å². The summed E-state index contributed by atoms with van der Waals surface area (Å²) in [6, 6.07) is 7.44. The summed E-state index contributed by atoms with van der Waals surface area (Å²) < 4.78 is 8.05. The predicted octanol–water partition coefficient (Wildman–Crippen LogP) is 2.30. The number of benzene rings is 1. The summed E-state index contributed by atoms with van der Waals surface area (Å²) in [5.74, 6) is 0.898. The second kappa shape index (κ2) is 6.35. The zero-order valence-corrected chi connectivity index (χ0v) is 14.1. The second-order valence-corrected chi connectivity index (χ2v) is 6.85. The van der Waals surface area contributed by atoms with Crippen LogP contribution in [0.4, 0.5) is 0 Å². The van der Waals surface area contributed by atoms with Gasteiger partial charge in [0.15, 0.2) is 5.78 Å². The average Bonchev–Trinajstić information content (AvgIpc) is 3.03. The normalized spacial score (nSPS) is 23.0. The van der Waals surface area contributed by atoms with Crippen molar-refractivity contribution in [3.8, 4) is 5.75 Å². The first kappa shape index (κ1) is 15.9. The van der Waals surface area contributed by atoms with Crippen LogP contribution in [0, 0.1) is 0 Å². The molecule has 2 aromatic rings. The zero-order chi connectivity index (χ0) is 17.3. The van der Waals surface area contributed by atoms with E-state index in [1.807, 2.05) is 29.2 Å². The van der Waals surface area contributed by atoms with E-state index in [0.717, 1.165) is 12.8 Å². The van der Waals surface area contributed by atoms with Gasteiger partial charge in [-0.05, 0) is 25.0 Å². The Morgan fingerprint density at radius 3 is 2.96 bits per heavy atom. The molecule has 1 saturated heterocycles. The van der Waals surface area contributed by atoms with E-state index in [2.05, 4.69) is 4.98 Å². The molecule has 1 amide bonds. The summed E-state index contributed by atoms with van der Waals surface area (Å²) in [4.78, 5) is 30.9. The van der Waals surface area contributed by atoms with Gasteiger partial charge in [-0.2, -0.15) is 0 Å². The van der Waals surface area contributed by atoms with E-state index in [1.165, 1.54) is 0 Å². The highest BCUT2D eigenvalue weighted by Crippen LogP contribution is 2.39. The smallest absolute Gasteiger partial charge is 0.242 e. The minimum atomic E-state index is -0.477. The highest BCUT2D eigenvalue weighted by molar-refractivity contribution is 6.00. The number of rotatable bonds is 2. The number of fused-ring (bicyclic) bond motifs is 1. The summed E-state index contributed by atoms with van der Waals surface area (Å²) in [5, 5.41) is 0. The summed E-state index contributed by atoms with van der Waals surface area (Å²) in [5.41, 5.74) is 0.195. The number of amides is 1. The van der Waals surface area contributed by atoms with E-state index in [0.29, 0.717) is 43.8 Å². The third-order valence-electron chi connectivity index (χ3n) is 5.12. The quantitative estimate of drug-likeness (QED) is 0.842. The Morgan fingerprint density at radius 2 is 2.12 bits per heavy atom. The van der Waals surface area contributed by atoms with Crippen molar-refractivity contribution in [3.63, 3.8) is 0 Å². The lowest BCUT2D eigenvalue weighted by Gasteiger charge is -2.37. The molecule has 4 rings (SSSR count). The molecule has 0 radical (unpaired) electrons. The molecular formula is C19H21N3O3. The maximum Gasteiger partial charge on any atom is 0.242 e. The number of aromatic nitrogens is 2. The highest BCUT2D eigenvalue weighted by Gasteiger charge is 2.41. The van der Waals surface area contributed by atoms with E-state index in [4.69, 9.17) is 4.74 Å². The maximum absolute atomic E-state index is 12.5. The molecule has 2 aliphatic heterocycles. The number of imidazole rings is 1. The van der Waals surface area contributed by atoms with Crippen molar-refractivity contribution < 1.29 is 14.3 Å². The van der Waals surface area contributed by atoms with Crippen molar-refractivity contribution in [3.05, 3.63) is 48.5 Å². The Kier molecular flexibility index (Phi) is 4.03. The summed E-state index contributed by atoms with van der Waals surface area (Å²) >= 11 is 0. The van der Waals surface area contributed by atoms with Gasteiger partial charge in [0.1, 0.15) is 17.9 Å². The van der Waals surface area contributed by atoms with Crippen molar-refractivity contribution in [2.24, 2.45) is 0 Å². The van der Waals surface area contributed by atoms with Gasteiger partial charge in [0, 0.05) is 31.9 Å². The first-order chi connectivity index (χ1) is 12.2. The van der Waals surface area contributed by atoms with Gasteiger partial charge >= 0.3 is 0 Å². The van der Waals surface area contributed by atoms with Crippen LogP contribution in [-0.2, 0) is 11.3 Å². The van der Waals surface area contributed by atoms with E-state index in [9.17, 15) is 9.59 Å². The number of hydrogen-bond acceptors (Lipinski definition) is 4. The average molecular weight is 339 g/mol. The van der Waals surface area contributed by atoms with Gasteiger partial charge in [0.05, 0.1) is 18.3 Å². The molecule has 6 nitrogen and oxygen atoms in total. The lowest BCUT2D eigenvalue weighted by atomic mass is 9.84.